The van der Waals surface area contributed by atoms with Gasteiger partial charge < -0.3 is 19.3 Å². The Morgan fingerprint density at radius 3 is 2.23 bits per heavy atom. The third-order valence-electron chi connectivity index (χ3n) is 8.91. The number of hydrazine groups is 1. The van der Waals surface area contributed by atoms with Gasteiger partial charge in [-0.05, 0) is 63.7 Å². The van der Waals surface area contributed by atoms with Gasteiger partial charge in [0.2, 0.25) is 5.90 Å². The van der Waals surface area contributed by atoms with Crippen LogP contribution in [0.25, 0.3) is 21.6 Å². The lowest BCUT2D eigenvalue weighted by atomic mass is 9.80. The van der Waals surface area contributed by atoms with E-state index < -0.39 is 17.6 Å². The van der Waals surface area contributed by atoms with E-state index >= 15 is 0 Å². The number of amides is 1. The molecule has 1 heterocycles. The quantitative estimate of drug-likeness (QED) is 0.0325. The fourth-order valence-corrected chi connectivity index (χ4v) is 6.22. The maximum atomic E-state index is 14.8. The van der Waals surface area contributed by atoms with Gasteiger partial charge in [0.1, 0.15) is 11.5 Å². The molecule has 1 aliphatic heterocycles. The van der Waals surface area contributed by atoms with Crippen LogP contribution in [0.4, 0.5) is 0 Å². The van der Waals surface area contributed by atoms with Crippen LogP contribution in [-0.4, -0.2) is 42.8 Å². The number of carbonyl (C=O) groups excluding carboxylic acids is 1. The van der Waals surface area contributed by atoms with E-state index in [4.69, 9.17) is 29.8 Å². The molecule has 0 saturated carbocycles. The molecule has 0 aromatic heterocycles. The summed E-state index contributed by atoms with van der Waals surface area (Å²) in [5, 5.41) is 13.0. The van der Waals surface area contributed by atoms with Crippen molar-refractivity contribution in [3.8, 4) is 22.6 Å². The average Bonchev–Trinajstić information content (AvgIpc) is 3.58. The van der Waals surface area contributed by atoms with E-state index in [0.717, 1.165) is 33.4 Å². The number of nitrogens with one attached hydrogen (secondary N) is 2. The first-order valence-corrected chi connectivity index (χ1v) is 17.0. The van der Waals surface area contributed by atoms with Gasteiger partial charge in [-0.2, -0.15) is 0 Å². The summed E-state index contributed by atoms with van der Waals surface area (Å²) in [6, 6.07) is 40.5. The Hall–Kier alpha value is -6.13. The summed E-state index contributed by atoms with van der Waals surface area (Å²) in [6.45, 7) is 0.835. The molecule has 3 N–H and O–H groups in total. The first-order valence-electron chi connectivity index (χ1n) is 17.0. The highest BCUT2D eigenvalue weighted by Gasteiger charge is 2.53. The minimum atomic E-state index is -1.50. The Morgan fingerprint density at radius 2 is 1.52 bits per heavy atom. The number of para-hydroxylation sites is 1. The first-order chi connectivity index (χ1) is 25.5. The van der Waals surface area contributed by atoms with Crippen molar-refractivity contribution in [3.05, 3.63) is 166 Å². The average molecular weight is 697 g/mol. The first kappa shape index (κ1) is 35.7. The summed E-state index contributed by atoms with van der Waals surface area (Å²) in [7, 11) is 1.60. The topological polar surface area (TPSA) is 150 Å². The van der Waals surface area contributed by atoms with E-state index in [1.54, 1.807) is 7.11 Å². The van der Waals surface area contributed by atoms with E-state index in [2.05, 4.69) is 20.9 Å². The second kappa shape index (κ2) is 17.2. The zero-order valence-electron chi connectivity index (χ0n) is 28.8. The van der Waals surface area contributed by atoms with Crippen molar-refractivity contribution < 1.29 is 24.1 Å². The molecule has 0 fully saturated rings. The molecule has 5 aromatic rings. The maximum absolute atomic E-state index is 14.8. The Labute approximate surface area is 302 Å². The Bertz CT molecular complexity index is 2030. The van der Waals surface area contributed by atoms with Gasteiger partial charge in [0, 0.05) is 42.0 Å². The van der Waals surface area contributed by atoms with Gasteiger partial charge in [-0.25, -0.2) is 10.4 Å². The van der Waals surface area contributed by atoms with Gasteiger partial charge >= 0.3 is 0 Å². The maximum Gasteiger partial charge on any atom is 0.266 e. The van der Waals surface area contributed by atoms with Gasteiger partial charge in [0.05, 0.1) is 20.3 Å². The van der Waals surface area contributed by atoms with Crippen molar-refractivity contribution in [2.75, 3.05) is 20.3 Å². The number of methoxy groups -OCH3 is 1. The predicted octanol–water partition coefficient (Wildman–Crippen LogP) is 7.25. The second-order valence-corrected chi connectivity index (χ2v) is 12.2. The number of azide groups is 1. The Kier molecular flexibility index (Phi) is 11.8. The number of hydrogen-bond acceptors (Lipinski definition) is 8. The van der Waals surface area contributed by atoms with E-state index in [0.29, 0.717) is 42.5 Å². The molecular formula is C41H40N6O5. The number of ether oxygens (including phenoxy) is 3. The van der Waals surface area contributed by atoms with Gasteiger partial charge in [-0.15, -0.1) is 0 Å². The largest absolute Gasteiger partial charge is 0.496 e. The van der Waals surface area contributed by atoms with Crippen LogP contribution in [0.5, 0.6) is 11.5 Å². The fraction of sp³-hybridized carbons (Fsp3) is 0.220. The number of carbonyl (C=O) groups is 1. The molecule has 0 spiro atoms. The van der Waals surface area contributed by atoms with Crippen LogP contribution < -0.4 is 20.3 Å². The monoisotopic (exact) mass is 696 g/mol. The van der Waals surface area contributed by atoms with E-state index in [-0.39, 0.29) is 19.6 Å². The molecule has 2 atom stereocenters. The molecular weight excluding hydrogens is 656 g/mol. The molecule has 11 nitrogen and oxygen atoms in total. The zero-order valence-corrected chi connectivity index (χ0v) is 28.8. The summed E-state index contributed by atoms with van der Waals surface area (Å²) in [4.78, 5) is 22.9. The molecule has 11 heteroatoms. The summed E-state index contributed by atoms with van der Waals surface area (Å²) in [5.41, 5.74) is 19.6. The van der Waals surface area contributed by atoms with Crippen molar-refractivity contribution >= 4 is 11.8 Å². The van der Waals surface area contributed by atoms with Crippen LogP contribution in [0.3, 0.4) is 0 Å². The van der Waals surface area contributed by atoms with Crippen LogP contribution in [0, 0.1) is 0 Å². The molecule has 0 aliphatic carbocycles. The SMILES string of the molecule is COc1ccccc1CNNC(=O)[C@@]1(Cc2ccccc2CN=[N+]=[N-])N=C(c2ccc(OCCCO)cc2)O[C@H]1c1ccc(-c2ccccc2)cc1. The number of benzene rings is 5. The summed E-state index contributed by atoms with van der Waals surface area (Å²) in [6.07, 6.45) is -0.177. The van der Waals surface area contributed by atoms with Crippen molar-refractivity contribution in [1.29, 1.82) is 0 Å². The van der Waals surface area contributed by atoms with Crippen LogP contribution in [-0.2, 0) is 29.0 Å². The smallest absolute Gasteiger partial charge is 0.266 e. The molecule has 0 radical (unpaired) electrons. The number of hydrogen-bond donors (Lipinski definition) is 3. The van der Waals surface area contributed by atoms with Crippen molar-refractivity contribution in [3.63, 3.8) is 0 Å². The lowest BCUT2D eigenvalue weighted by Crippen LogP contribution is -2.53. The molecule has 5 aromatic carbocycles. The van der Waals surface area contributed by atoms with E-state index in [9.17, 15) is 4.79 Å². The lowest BCUT2D eigenvalue weighted by molar-refractivity contribution is -0.130. The minimum Gasteiger partial charge on any atom is -0.496 e. The third-order valence-corrected chi connectivity index (χ3v) is 8.91. The standard InChI is InChI=1S/C41H40N6O5/c1-50-37-15-8-7-14-35(37)28-43-46-40(49)41(26-33-12-5-6-13-34(33)27-44-47-42)38(31-18-16-30(17-19-31)29-10-3-2-4-11-29)52-39(45-41)32-20-22-36(23-21-32)51-25-9-24-48/h2-8,10-23,38,43,48H,9,24-28H2,1H3,(H,46,49)/t38-,41-/m0/s1. The highest BCUT2D eigenvalue weighted by molar-refractivity contribution is 6.01. The van der Waals surface area contributed by atoms with Crippen molar-refractivity contribution in [1.82, 2.24) is 10.9 Å². The number of aliphatic hydroxyl groups is 1. The number of aliphatic hydroxyl groups excluding tert-OH is 1. The predicted molar refractivity (Wildman–Crippen MR) is 200 cm³/mol. The molecule has 264 valence electrons. The van der Waals surface area contributed by atoms with Gasteiger partial charge in [0.15, 0.2) is 11.6 Å². The lowest BCUT2D eigenvalue weighted by Gasteiger charge is -2.31. The van der Waals surface area contributed by atoms with Crippen LogP contribution in [0.2, 0.25) is 0 Å². The summed E-state index contributed by atoms with van der Waals surface area (Å²) < 4.78 is 18.0. The zero-order chi connectivity index (χ0) is 36.2. The normalized spacial score (nSPS) is 16.3. The number of aliphatic imine (C=N–C) groups is 1. The van der Waals surface area contributed by atoms with Gasteiger partial charge in [-0.3, -0.25) is 10.2 Å². The number of rotatable bonds is 16. The summed E-state index contributed by atoms with van der Waals surface area (Å²) >= 11 is 0. The summed E-state index contributed by atoms with van der Waals surface area (Å²) in [5.74, 6) is 1.22. The highest BCUT2D eigenvalue weighted by Crippen LogP contribution is 2.43. The molecule has 1 amide bonds. The fourth-order valence-electron chi connectivity index (χ4n) is 6.22. The molecule has 0 unspecified atom stereocenters. The van der Waals surface area contributed by atoms with Gasteiger partial charge in [0.25, 0.3) is 5.91 Å². The number of nitrogens with zero attached hydrogens (tertiary/aromatic N) is 4. The molecule has 1 aliphatic rings. The van der Waals surface area contributed by atoms with Crippen LogP contribution >= 0.6 is 0 Å². The Balaban J connectivity index is 1.42. The van der Waals surface area contributed by atoms with Crippen molar-refractivity contribution in [2.24, 2.45) is 10.1 Å². The molecule has 0 saturated heterocycles. The highest BCUT2D eigenvalue weighted by atomic mass is 16.5. The molecule has 6 rings (SSSR count). The molecule has 0 bridgehead atoms. The second-order valence-electron chi connectivity index (χ2n) is 12.2. The van der Waals surface area contributed by atoms with Crippen LogP contribution in [0.15, 0.2) is 138 Å². The Morgan fingerprint density at radius 1 is 0.865 bits per heavy atom. The van der Waals surface area contributed by atoms with Crippen LogP contribution in [0.1, 0.15) is 40.3 Å². The van der Waals surface area contributed by atoms with E-state index in [1.165, 1.54) is 0 Å². The van der Waals surface area contributed by atoms with E-state index in [1.807, 2.05) is 127 Å². The minimum absolute atomic E-state index is 0.0420. The molecule has 52 heavy (non-hydrogen) atoms. The third kappa shape index (κ3) is 8.25. The van der Waals surface area contributed by atoms with Gasteiger partial charge in [-0.1, -0.05) is 102 Å². The van der Waals surface area contributed by atoms with Crippen molar-refractivity contribution in [2.45, 2.75) is 37.6 Å².